The molecule has 0 amide bonds. The molecule has 1 atom stereocenters. The predicted molar refractivity (Wildman–Crippen MR) is 66.8 cm³/mol. The van der Waals surface area contributed by atoms with E-state index in [1.807, 2.05) is 0 Å². The maximum atomic E-state index is 5.60. The Labute approximate surface area is 95.3 Å². The van der Waals surface area contributed by atoms with Crippen molar-refractivity contribution >= 4 is 0 Å². The van der Waals surface area contributed by atoms with Gasteiger partial charge in [0.25, 0.3) is 0 Å². The first-order valence-corrected chi connectivity index (χ1v) is 6.30. The van der Waals surface area contributed by atoms with E-state index in [1.165, 1.54) is 25.7 Å². The Kier molecular flexibility index (Phi) is 9.70. The molecular formula is C13H27NO. The van der Waals surface area contributed by atoms with Crippen LogP contribution in [0.4, 0.5) is 0 Å². The van der Waals surface area contributed by atoms with Crippen LogP contribution in [0.5, 0.6) is 0 Å². The van der Waals surface area contributed by atoms with Crippen molar-refractivity contribution in [3.63, 3.8) is 0 Å². The molecule has 0 aliphatic carbocycles. The molecule has 0 spiro atoms. The molecule has 0 aromatic rings. The summed E-state index contributed by atoms with van der Waals surface area (Å²) < 4.78 is 5.60. The van der Waals surface area contributed by atoms with Crippen molar-refractivity contribution < 1.29 is 4.74 Å². The van der Waals surface area contributed by atoms with Crippen molar-refractivity contribution in [2.24, 2.45) is 0 Å². The van der Waals surface area contributed by atoms with E-state index < -0.39 is 0 Å². The lowest BCUT2D eigenvalue weighted by molar-refractivity contribution is -0.0154. The second kappa shape index (κ2) is 10.0. The second-order valence-corrected chi connectivity index (χ2v) is 3.94. The van der Waals surface area contributed by atoms with Gasteiger partial charge in [-0.3, -0.25) is 4.90 Å². The molecule has 0 bridgehead atoms. The lowest BCUT2D eigenvalue weighted by Crippen LogP contribution is -2.37. The van der Waals surface area contributed by atoms with Gasteiger partial charge in [-0.15, -0.1) is 0 Å². The molecule has 0 fully saturated rings. The van der Waals surface area contributed by atoms with Gasteiger partial charge in [-0.1, -0.05) is 33.8 Å². The zero-order valence-corrected chi connectivity index (χ0v) is 10.7. The molecule has 0 radical (unpaired) electrons. The van der Waals surface area contributed by atoms with Crippen molar-refractivity contribution in [1.82, 2.24) is 4.90 Å². The number of nitrogens with zero attached hydrogens (tertiary/aromatic N) is 1. The number of unbranched alkanes of at least 4 members (excludes halogenated alkanes) is 1. The first kappa shape index (κ1) is 14.5. The highest BCUT2D eigenvalue weighted by Crippen LogP contribution is 2.12. The van der Waals surface area contributed by atoms with Crippen molar-refractivity contribution in [3.05, 3.63) is 12.8 Å². The molecule has 0 N–H and O–H groups in total. The molecule has 1 unspecified atom stereocenters. The van der Waals surface area contributed by atoms with Gasteiger partial charge >= 0.3 is 0 Å². The topological polar surface area (TPSA) is 12.5 Å². The molecule has 0 heterocycles. The van der Waals surface area contributed by atoms with Crippen LogP contribution in [0.1, 0.15) is 52.9 Å². The summed E-state index contributed by atoms with van der Waals surface area (Å²) in [5.41, 5.74) is 0. The van der Waals surface area contributed by atoms with Crippen LogP contribution in [0.2, 0.25) is 0 Å². The lowest BCUT2D eigenvalue weighted by atomic mass is 10.2. The van der Waals surface area contributed by atoms with Gasteiger partial charge in [0.15, 0.2) is 6.23 Å². The fourth-order valence-corrected chi connectivity index (χ4v) is 1.80. The monoisotopic (exact) mass is 213 g/mol. The summed E-state index contributed by atoms with van der Waals surface area (Å²) in [6, 6.07) is 0. The predicted octanol–water partition coefficient (Wildman–Crippen LogP) is 3.78. The van der Waals surface area contributed by atoms with Crippen LogP contribution in [0.15, 0.2) is 12.8 Å². The maximum absolute atomic E-state index is 5.60. The average molecular weight is 213 g/mol. The first-order chi connectivity index (χ1) is 7.29. The van der Waals surface area contributed by atoms with Crippen LogP contribution >= 0.6 is 0 Å². The van der Waals surface area contributed by atoms with Crippen LogP contribution < -0.4 is 0 Å². The smallest absolute Gasteiger partial charge is 0.151 e. The van der Waals surface area contributed by atoms with E-state index in [9.17, 15) is 0 Å². The van der Waals surface area contributed by atoms with E-state index in [2.05, 4.69) is 32.3 Å². The van der Waals surface area contributed by atoms with Crippen LogP contribution in [-0.2, 0) is 4.74 Å². The largest absolute Gasteiger partial charge is 0.483 e. The molecule has 2 heteroatoms. The molecule has 0 saturated heterocycles. The van der Waals surface area contributed by atoms with Crippen molar-refractivity contribution in [2.45, 2.75) is 59.1 Å². The van der Waals surface area contributed by atoms with Gasteiger partial charge in [-0.25, -0.2) is 0 Å². The van der Waals surface area contributed by atoms with Gasteiger partial charge in [-0.05, 0) is 25.7 Å². The molecular weight excluding hydrogens is 186 g/mol. The molecule has 0 aliphatic heterocycles. The Morgan fingerprint density at radius 1 is 1.13 bits per heavy atom. The van der Waals surface area contributed by atoms with Gasteiger partial charge in [0, 0.05) is 13.1 Å². The van der Waals surface area contributed by atoms with Gasteiger partial charge in [0.2, 0.25) is 0 Å². The van der Waals surface area contributed by atoms with E-state index in [0.717, 1.165) is 19.5 Å². The Bertz CT molecular complexity index is 141. The minimum absolute atomic E-state index is 0.238. The number of hydrogen-bond donors (Lipinski definition) is 0. The standard InChI is InChI=1S/C13H27NO/c1-5-9-10-13(15-8-4)14(11-6-2)12-7-3/h8,13H,4-7,9-12H2,1-3H3. The van der Waals surface area contributed by atoms with Crippen LogP contribution in [0, 0.1) is 0 Å². The van der Waals surface area contributed by atoms with Crippen LogP contribution in [0.25, 0.3) is 0 Å². The van der Waals surface area contributed by atoms with Crippen molar-refractivity contribution in [1.29, 1.82) is 0 Å². The number of hydrogen-bond acceptors (Lipinski definition) is 2. The van der Waals surface area contributed by atoms with Gasteiger partial charge < -0.3 is 4.74 Å². The van der Waals surface area contributed by atoms with Crippen molar-refractivity contribution in [3.8, 4) is 0 Å². The minimum atomic E-state index is 0.238. The highest BCUT2D eigenvalue weighted by molar-refractivity contribution is 4.66. The quantitative estimate of drug-likeness (QED) is 0.404. The van der Waals surface area contributed by atoms with E-state index in [0.29, 0.717) is 0 Å². The van der Waals surface area contributed by atoms with Gasteiger partial charge in [-0.2, -0.15) is 0 Å². The SMILES string of the molecule is C=COC(CCCC)N(CCC)CCC. The highest BCUT2D eigenvalue weighted by Gasteiger charge is 2.16. The van der Waals surface area contributed by atoms with E-state index in [4.69, 9.17) is 4.74 Å². The summed E-state index contributed by atoms with van der Waals surface area (Å²) in [5.74, 6) is 0. The van der Waals surface area contributed by atoms with E-state index >= 15 is 0 Å². The highest BCUT2D eigenvalue weighted by atomic mass is 16.5. The summed E-state index contributed by atoms with van der Waals surface area (Å²) in [6.45, 7) is 12.6. The van der Waals surface area contributed by atoms with Crippen molar-refractivity contribution in [2.75, 3.05) is 13.1 Å². The maximum Gasteiger partial charge on any atom is 0.151 e. The van der Waals surface area contributed by atoms with Crippen LogP contribution in [-0.4, -0.2) is 24.2 Å². The molecule has 2 nitrogen and oxygen atoms in total. The Balaban J connectivity index is 4.15. The normalized spacial score (nSPS) is 12.8. The summed E-state index contributed by atoms with van der Waals surface area (Å²) in [6.07, 6.45) is 7.75. The molecule has 0 rings (SSSR count). The summed E-state index contributed by atoms with van der Waals surface area (Å²) >= 11 is 0. The Hall–Kier alpha value is -0.500. The minimum Gasteiger partial charge on any atom is -0.483 e. The number of rotatable bonds is 10. The van der Waals surface area contributed by atoms with Crippen LogP contribution in [0.3, 0.4) is 0 Å². The first-order valence-electron chi connectivity index (χ1n) is 6.30. The zero-order valence-electron chi connectivity index (χ0n) is 10.7. The van der Waals surface area contributed by atoms with E-state index in [1.54, 1.807) is 6.26 Å². The average Bonchev–Trinajstić information content (AvgIpc) is 2.24. The molecule has 90 valence electrons. The van der Waals surface area contributed by atoms with E-state index in [-0.39, 0.29) is 6.23 Å². The molecule has 15 heavy (non-hydrogen) atoms. The lowest BCUT2D eigenvalue weighted by Gasteiger charge is -2.30. The fourth-order valence-electron chi connectivity index (χ4n) is 1.80. The summed E-state index contributed by atoms with van der Waals surface area (Å²) in [7, 11) is 0. The molecule has 0 aliphatic rings. The van der Waals surface area contributed by atoms with Gasteiger partial charge in [0.05, 0.1) is 6.26 Å². The summed E-state index contributed by atoms with van der Waals surface area (Å²) in [5, 5.41) is 0. The third-order valence-corrected chi connectivity index (χ3v) is 2.49. The molecule has 0 aromatic carbocycles. The molecule has 0 saturated carbocycles. The summed E-state index contributed by atoms with van der Waals surface area (Å²) in [4.78, 5) is 2.43. The Morgan fingerprint density at radius 2 is 1.73 bits per heavy atom. The van der Waals surface area contributed by atoms with Gasteiger partial charge in [0.1, 0.15) is 0 Å². The Morgan fingerprint density at radius 3 is 2.13 bits per heavy atom. The number of ether oxygens (including phenoxy) is 1. The zero-order chi connectivity index (χ0) is 11.5. The fraction of sp³-hybridized carbons (Fsp3) is 0.846. The third kappa shape index (κ3) is 6.56. The molecule has 0 aromatic heterocycles. The second-order valence-electron chi connectivity index (χ2n) is 3.94. The third-order valence-electron chi connectivity index (χ3n) is 2.49.